The minimum absolute atomic E-state index is 0.441. The topological polar surface area (TPSA) is 38.5 Å². The van der Waals surface area contributed by atoms with Crippen LogP contribution in [0.15, 0.2) is 24.3 Å². The highest BCUT2D eigenvalue weighted by atomic mass is 16.5. The van der Waals surface area contributed by atoms with E-state index in [1.807, 2.05) is 12.1 Å². The van der Waals surface area contributed by atoms with Gasteiger partial charge in [0.2, 0.25) is 0 Å². The van der Waals surface area contributed by atoms with E-state index in [0.29, 0.717) is 6.04 Å². The van der Waals surface area contributed by atoms with Crippen molar-refractivity contribution in [1.82, 2.24) is 4.90 Å². The van der Waals surface area contributed by atoms with Gasteiger partial charge in [-0.2, -0.15) is 0 Å². The second-order valence-electron chi connectivity index (χ2n) is 5.79. The molecule has 0 radical (unpaired) electrons. The lowest BCUT2D eigenvalue weighted by molar-refractivity contribution is 0.217. The lowest BCUT2D eigenvalue weighted by atomic mass is 9.86. The number of para-hydroxylation sites is 1. The van der Waals surface area contributed by atoms with Crippen molar-refractivity contribution in [1.29, 1.82) is 0 Å². The Morgan fingerprint density at radius 3 is 2.58 bits per heavy atom. The molecular formula is C16H26N2O. The van der Waals surface area contributed by atoms with Crippen molar-refractivity contribution < 1.29 is 4.74 Å². The van der Waals surface area contributed by atoms with Gasteiger partial charge in [0, 0.05) is 24.7 Å². The minimum atomic E-state index is 0.441. The van der Waals surface area contributed by atoms with Crippen molar-refractivity contribution in [2.24, 2.45) is 11.7 Å². The molecule has 1 aliphatic carbocycles. The molecule has 1 fully saturated rings. The van der Waals surface area contributed by atoms with Crippen molar-refractivity contribution >= 4 is 0 Å². The van der Waals surface area contributed by atoms with E-state index in [0.717, 1.165) is 24.8 Å². The quantitative estimate of drug-likeness (QED) is 0.886. The van der Waals surface area contributed by atoms with Crippen LogP contribution in [0.5, 0.6) is 5.75 Å². The van der Waals surface area contributed by atoms with Gasteiger partial charge in [-0.1, -0.05) is 18.2 Å². The molecule has 0 aromatic heterocycles. The first-order chi connectivity index (χ1) is 9.19. The van der Waals surface area contributed by atoms with E-state index >= 15 is 0 Å². The summed E-state index contributed by atoms with van der Waals surface area (Å²) in [5.74, 6) is 1.79. The maximum Gasteiger partial charge on any atom is 0.123 e. The zero-order valence-corrected chi connectivity index (χ0v) is 12.1. The van der Waals surface area contributed by atoms with E-state index in [1.165, 1.54) is 31.2 Å². The van der Waals surface area contributed by atoms with E-state index in [9.17, 15) is 0 Å². The van der Waals surface area contributed by atoms with E-state index in [4.69, 9.17) is 10.5 Å². The maximum absolute atomic E-state index is 5.96. The Kier molecular flexibility index (Phi) is 5.23. The molecule has 0 saturated heterocycles. The molecule has 1 aromatic rings. The van der Waals surface area contributed by atoms with Crippen LogP contribution in [-0.4, -0.2) is 31.6 Å². The summed E-state index contributed by atoms with van der Waals surface area (Å²) in [7, 11) is 3.93. The number of methoxy groups -OCH3 is 1. The van der Waals surface area contributed by atoms with Gasteiger partial charge in [-0.25, -0.2) is 0 Å². The molecule has 0 aliphatic heterocycles. The van der Waals surface area contributed by atoms with E-state index < -0.39 is 0 Å². The normalized spacial score (nSPS) is 23.6. The molecule has 1 aliphatic rings. The van der Waals surface area contributed by atoms with Gasteiger partial charge in [0.25, 0.3) is 0 Å². The minimum Gasteiger partial charge on any atom is -0.496 e. The van der Waals surface area contributed by atoms with Crippen LogP contribution in [0, 0.1) is 5.92 Å². The molecule has 0 spiro atoms. The standard InChI is InChI=1S/C16H26N2O/c1-18(11-13-7-9-15(17)10-8-13)12-14-5-3-4-6-16(14)19-2/h3-6,13,15H,7-12,17H2,1-2H3. The highest BCUT2D eigenvalue weighted by Gasteiger charge is 2.20. The highest BCUT2D eigenvalue weighted by Crippen LogP contribution is 2.25. The first-order valence-electron chi connectivity index (χ1n) is 7.25. The molecule has 0 unspecified atom stereocenters. The summed E-state index contributed by atoms with van der Waals surface area (Å²) in [5, 5.41) is 0. The Labute approximate surface area is 116 Å². The smallest absolute Gasteiger partial charge is 0.123 e. The van der Waals surface area contributed by atoms with Crippen LogP contribution < -0.4 is 10.5 Å². The van der Waals surface area contributed by atoms with Crippen LogP contribution in [0.1, 0.15) is 31.2 Å². The lowest BCUT2D eigenvalue weighted by Crippen LogP contribution is -2.32. The van der Waals surface area contributed by atoms with Gasteiger partial charge in [0.05, 0.1) is 7.11 Å². The number of hydrogen-bond donors (Lipinski definition) is 1. The van der Waals surface area contributed by atoms with E-state index in [2.05, 4.69) is 24.1 Å². The summed E-state index contributed by atoms with van der Waals surface area (Å²) in [6.45, 7) is 2.11. The third kappa shape index (κ3) is 4.22. The van der Waals surface area contributed by atoms with Crippen LogP contribution in [-0.2, 0) is 6.54 Å². The van der Waals surface area contributed by atoms with Crippen LogP contribution in [0.3, 0.4) is 0 Å². The number of hydrogen-bond acceptors (Lipinski definition) is 3. The van der Waals surface area contributed by atoms with E-state index in [-0.39, 0.29) is 0 Å². The van der Waals surface area contributed by atoms with Crippen molar-refractivity contribution in [3.8, 4) is 5.75 Å². The predicted octanol–water partition coefficient (Wildman–Crippen LogP) is 2.64. The zero-order chi connectivity index (χ0) is 13.7. The number of nitrogens with two attached hydrogens (primary N) is 1. The summed E-state index contributed by atoms with van der Waals surface area (Å²) >= 11 is 0. The number of ether oxygens (including phenoxy) is 1. The first kappa shape index (κ1) is 14.4. The van der Waals surface area contributed by atoms with Crippen LogP contribution in [0.4, 0.5) is 0 Å². The molecule has 3 heteroatoms. The lowest BCUT2D eigenvalue weighted by Gasteiger charge is -2.29. The van der Waals surface area contributed by atoms with E-state index in [1.54, 1.807) is 7.11 Å². The van der Waals surface area contributed by atoms with Crippen LogP contribution in [0.25, 0.3) is 0 Å². The van der Waals surface area contributed by atoms with Gasteiger partial charge in [-0.05, 0) is 44.7 Å². The predicted molar refractivity (Wildman–Crippen MR) is 79.3 cm³/mol. The van der Waals surface area contributed by atoms with Crippen molar-refractivity contribution in [2.45, 2.75) is 38.3 Å². The van der Waals surface area contributed by atoms with Gasteiger partial charge in [0.1, 0.15) is 5.75 Å². The maximum atomic E-state index is 5.96. The SMILES string of the molecule is COc1ccccc1CN(C)CC1CCC(N)CC1. The Morgan fingerprint density at radius 2 is 1.89 bits per heavy atom. The monoisotopic (exact) mass is 262 g/mol. The largest absolute Gasteiger partial charge is 0.496 e. The third-order valence-electron chi connectivity index (χ3n) is 4.09. The Bertz CT molecular complexity index is 386. The average molecular weight is 262 g/mol. The summed E-state index contributed by atoms with van der Waals surface area (Å²) in [5.41, 5.74) is 7.22. The number of benzene rings is 1. The molecule has 0 bridgehead atoms. The molecule has 106 valence electrons. The van der Waals surface area contributed by atoms with Crippen LogP contribution >= 0.6 is 0 Å². The Balaban J connectivity index is 1.85. The second kappa shape index (κ2) is 6.92. The Morgan fingerprint density at radius 1 is 1.21 bits per heavy atom. The summed E-state index contributed by atoms with van der Waals surface area (Å²) in [6.07, 6.45) is 4.93. The molecule has 0 heterocycles. The molecule has 0 amide bonds. The average Bonchev–Trinajstić information content (AvgIpc) is 2.42. The Hall–Kier alpha value is -1.06. The van der Waals surface area contributed by atoms with Gasteiger partial charge in [-0.15, -0.1) is 0 Å². The van der Waals surface area contributed by atoms with Gasteiger partial charge in [0.15, 0.2) is 0 Å². The summed E-state index contributed by atoms with van der Waals surface area (Å²) in [4.78, 5) is 2.40. The highest BCUT2D eigenvalue weighted by molar-refractivity contribution is 5.32. The fourth-order valence-corrected chi connectivity index (χ4v) is 3.00. The molecule has 2 rings (SSSR count). The summed E-state index contributed by atoms with van der Waals surface area (Å²) < 4.78 is 5.41. The van der Waals surface area contributed by atoms with Gasteiger partial charge >= 0.3 is 0 Å². The molecule has 19 heavy (non-hydrogen) atoms. The molecular weight excluding hydrogens is 236 g/mol. The van der Waals surface area contributed by atoms with Crippen molar-refractivity contribution in [2.75, 3.05) is 20.7 Å². The first-order valence-corrected chi connectivity index (χ1v) is 7.25. The number of rotatable bonds is 5. The molecule has 3 nitrogen and oxygen atoms in total. The fourth-order valence-electron chi connectivity index (χ4n) is 3.00. The molecule has 2 N–H and O–H groups in total. The second-order valence-corrected chi connectivity index (χ2v) is 5.79. The van der Waals surface area contributed by atoms with Crippen molar-refractivity contribution in [3.05, 3.63) is 29.8 Å². The van der Waals surface area contributed by atoms with Gasteiger partial charge in [-0.3, -0.25) is 0 Å². The van der Waals surface area contributed by atoms with Gasteiger partial charge < -0.3 is 15.4 Å². The number of nitrogens with zero attached hydrogens (tertiary/aromatic N) is 1. The molecule has 0 atom stereocenters. The molecule has 1 saturated carbocycles. The summed E-state index contributed by atoms with van der Waals surface area (Å²) in [6, 6.07) is 8.71. The third-order valence-corrected chi connectivity index (χ3v) is 4.09. The zero-order valence-electron chi connectivity index (χ0n) is 12.1. The fraction of sp³-hybridized carbons (Fsp3) is 0.625. The molecule has 1 aromatic carbocycles. The van der Waals surface area contributed by atoms with Crippen molar-refractivity contribution in [3.63, 3.8) is 0 Å². The van der Waals surface area contributed by atoms with Crippen LogP contribution in [0.2, 0.25) is 0 Å².